The number of aryl methyl sites for hydroxylation is 1. The van der Waals surface area contributed by atoms with E-state index in [0.29, 0.717) is 24.3 Å². The second-order valence-corrected chi connectivity index (χ2v) is 9.79. The van der Waals surface area contributed by atoms with Crippen molar-refractivity contribution in [2.24, 2.45) is 5.92 Å². The SMILES string of the molecule is COc1cccc(C=Cc2onc(C)c2S(=O)(=O)N2CCC(C(=O)NC(C)C)CC2)c1. The number of hydrogen-bond acceptors (Lipinski definition) is 6. The highest BCUT2D eigenvalue weighted by atomic mass is 32.2. The van der Waals surface area contributed by atoms with Crippen LogP contribution in [0.5, 0.6) is 5.75 Å². The molecule has 1 fully saturated rings. The number of amides is 1. The lowest BCUT2D eigenvalue weighted by molar-refractivity contribution is -0.126. The topological polar surface area (TPSA) is 102 Å². The van der Waals surface area contributed by atoms with Crippen molar-refractivity contribution in [3.63, 3.8) is 0 Å². The van der Waals surface area contributed by atoms with Gasteiger partial charge in [0.15, 0.2) is 10.7 Å². The number of carbonyl (C=O) groups excluding carboxylic acids is 1. The second-order valence-electron chi connectivity index (χ2n) is 7.91. The normalized spacial score (nSPS) is 16.2. The first-order valence-electron chi connectivity index (χ1n) is 10.3. The van der Waals surface area contributed by atoms with Gasteiger partial charge in [-0.3, -0.25) is 4.79 Å². The van der Waals surface area contributed by atoms with Crippen molar-refractivity contribution >= 4 is 28.1 Å². The molecule has 1 N–H and O–H groups in total. The molecule has 0 unspecified atom stereocenters. The largest absolute Gasteiger partial charge is 0.497 e. The van der Waals surface area contributed by atoms with Gasteiger partial charge in [0.05, 0.1) is 7.11 Å². The molecule has 0 aliphatic carbocycles. The fraction of sp³-hybridized carbons (Fsp3) is 0.455. The van der Waals surface area contributed by atoms with Crippen LogP contribution in [0, 0.1) is 12.8 Å². The molecule has 1 aliphatic heterocycles. The Morgan fingerprint density at radius 2 is 2.00 bits per heavy atom. The Hall–Kier alpha value is -2.65. The van der Waals surface area contributed by atoms with E-state index in [-0.39, 0.29) is 41.6 Å². The molecule has 3 rings (SSSR count). The molecule has 0 radical (unpaired) electrons. The molecule has 1 aromatic heterocycles. The van der Waals surface area contributed by atoms with Gasteiger partial charge in [-0.2, -0.15) is 4.31 Å². The van der Waals surface area contributed by atoms with E-state index in [0.717, 1.165) is 5.56 Å². The standard InChI is InChI=1S/C22H29N3O5S/c1-15(2)23-22(26)18-10-12-25(13-11-18)31(27,28)21-16(3)24-30-20(21)9-8-17-6-5-7-19(14-17)29-4/h5-9,14-15,18H,10-13H2,1-4H3,(H,23,26). The molecule has 1 aromatic carbocycles. The van der Waals surface area contributed by atoms with Gasteiger partial charge in [0.25, 0.3) is 0 Å². The number of hydrogen-bond donors (Lipinski definition) is 1. The first-order chi connectivity index (χ1) is 14.7. The van der Waals surface area contributed by atoms with Crippen LogP contribution in [-0.4, -0.2) is 50.0 Å². The molecule has 1 amide bonds. The zero-order valence-electron chi connectivity index (χ0n) is 18.3. The number of sulfonamides is 1. The van der Waals surface area contributed by atoms with E-state index in [2.05, 4.69) is 10.5 Å². The molecule has 1 aliphatic rings. The zero-order chi connectivity index (χ0) is 22.6. The first-order valence-corrected chi connectivity index (χ1v) is 11.7. The number of carbonyl (C=O) groups is 1. The first kappa shape index (κ1) is 23.0. The third-order valence-electron chi connectivity index (χ3n) is 5.21. The maximum atomic E-state index is 13.3. The van der Waals surface area contributed by atoms with E-state index in [1.54, 1.807) is 26.2 Å². The fourth-order valence-corrected chi connectivity index (χ4v) is 5.33. The number of nitrogens with one attached hydrogen (secondary N) is 1. The summed E-state index contributed by atoms with van der Waals surface area (Å²) in [7, 11) is -2.21. The molecule has 2 aromatic rings. The van der Waals surface area contributed by atoms with Crippen LogP contribution in [0.15, 0.2) is 33.7 Å². The van der Waals surface area contributed by atoms with Gasteiger partial charge in [0.2, 0.25) is 15.9 Å². The molecule has 9 heteroatoms. The number of nitrogens with zero attached hydrogens (tertiary/aromatic N) is 2. The lowest BCUT2D eigenvalue weighted by Crippen LogP contribution is -2.44. The smallest absolute Gasteiger partial charge is 0.248 e. The predicted molar refractivity (Wildman–Crippen MR) is 118 cm³/mol. The average Bonchev–Trinajstić information content (AvgIpc) is 3.13. The van der Waals surface area contributed by atoms with Crippen LogP contribution in [-0.2, 0) is 14.8 Å². The molecule has 0 atom stereocenters. The minimum Gasteiger partial charge on any atom is -0.497 e. The quantitative estimate of drug-likeness (QED) is 0.700. The van der Waals surface area contributed by atoms with Crippen LogP contribution in [0.25, 0.3) is 12.2 Å². The van der Waals surface area contributed by atoms with Crippen LogP contribution in [0.1, 0.15) is 43.7 Å². The molecule has 0 spiro atoms. The Kier molecular flexibility index (Phi) is 7.17. The number of aromatic nitrogens is 1. The highest BCUT2D eigenvalue weighted by Crippen LogP contribution is 2.29. The van der Waals surface area contributed by atoms with Crippen molar-refractivity contribution in [1.29, 1.82) is 0 Å². The monoisotopic (exact) mass is 447 g/mol. The van der Waals surface area contributed by atoms with Crippen molar-refractivity contribution in [2.45, 2.75) is 44.6 Å². The number of rotatable bonds is 7. The van der Waals surface area contributed by atoms with Gasteiger partial charge in [-0.15, -0.1) is 0 Å². The van der Waals surface area contributed by atoms with Crippen molar-refractivity contribution in [1.82, 2.24) is 14.8 Å². The van der Waals surface area contributed by atoms with Crippen molar-refractivity contribution in [3.05, 3.63) is 41.3 Å². The van der Waals surface area contributed by atoms with Gasteiger partial charge in [-0.25, -0.2) is 8.42 Å². The minimum absolute atomic E-state index is 0.0184. The Morgan fingerprint density at radius 1 is 1.29 bits per heavy atom. The number of benzene rings is 1. The maximum absolute atomic E-state index is 13.3. The Morgan fingerprint density at radius 3 is 2.65 bits per heavy atom. The summed E-state index contributed by atoms with van der Waals surface area (Å²) >= 11 is 0. The highest BCUT2D eigenvalue weighted by molar-refractivity contribution is 7.89. The molecule has 1 saturated heterocycles. The van der Waals surface area contributed by atoms with Crippen molar-refractivity contribution in [2.75, 3.05) is 20.2 Å². The van der Waals surface area contributed by atoms with E-state index in [1.165, 1.54) is 4.31 Å². The molecule has 8 nitrogen and oxygen atoms in total. The average molecular weight is 448 g/mol. The fourth-order valence-electron chi connectivity index (χ4n) is 3.61. The molecular weight excluding hydrogens is 418 g/mol. The molecule has 0 saturated carbocycles. The highest BCUT2D eigenvalue weighted by Gasteiger charge is 2.35. The van der Waals surface area contributed by atoms with E-state index >= 15 is 0 Å². The van der Waals surface area contributed by atoms with Gasteiger partial charge in [0, 0.05) is 25.0 Å². The Balaban J connectivity index is 1.77. The van der Waals surface area contributed by atoms with Gasteiger partial charge < -0.3 is 14.6 Å². The van der Waals surface area contributed by atoms with Crippen LogP contribution >= 0.6 is 0 Å². The van der Waals surface area contributed by atoms with E-state index < -0.39 is 10.0 Å². The molecule has 168 valence electrons. The maximum Gasteiger partial charge on any atom is 0.248 e. The molecule has 2 heterocycles. The van der Waals surface area contributed by atoms with Crippen LogP contribution in [0.2, 0.25) is 0 Å². The summed E-state index contributed by atoms with van der Waals surface area (Å²) in [5.74, 6) is 0.688. The van der Waals surface area contributed by atoms with Crippen molar-refractivity contribution < 1.29 is 22.5 Å². The minimum atomic E-state index is -3.80. The summed E-state index contributed by atoms with van der Waals surface area (Å²) < 4.78 is 38.6. The van der Waals surface area contributed by atoms with Gasteiger partial charge in [0.1, 0.15) is 11.4 Å². The van der Waals surface area contributed by atoms with Crippen LogP contribution in [0.4, 0.5) is 0 Å². The second kappa shape index (κ2) is 9.65. The molecular formula is C22H29N3O5S. The third-order valence-corrected chi connectivity index (χ3v) is 7.27. The summed E-state index contributed by atoms with van der Waals surface area (Å²) in [4.78, 5) is 12.3. The summed E-state index contributed by atoms with van der Waals surface area (Å²) in [6, 6.07) is 7.45. The van der Waals surface area contributed by atoms with Gasteiger partial charge in [-0.05, 0) is 57.4 Å². The van der Waals surface area contributed by atoms with Crippen LogP contribution < -0.4 is 10.1 Å². The number of methoxy groups -OCH3 is 1. The van der Waals surface area contributed by atoms with E-state index in [4.69, 9.17) is 9.26 Å². The van der Waals surface area contributed by atoms with Crippen molar-refractivity contribution in [3.8, 4) is 5.75 Å². The molecule has 31 heavy (non-hydrogen) atoms. The lowest BCUT2D eigenvalue weighted by Gasteiger charge is -2.30. The summed E-state index contributed by atoms with van der Waals surface area (Å²) in [6.45, 7) is 5.99. The third kappa shape index (κ3) is 5.34. The Labute approximate surface area is 183 Å². The zero-order valence-corrected chi connectivity index (χ0v) is 19.1. The predicted octanol–water partition coefficient (Wildman–Crippen LogP) is 3.09. The molecule has 0 bridgehead atoms. The van der Waals surface area contributed by atoms with Gasteiger partial charge in [-0.1, -0.05) is 23.4 Å². The summed E-state index contributed by atoms with van der Waals surface area (Å²) in [5.41, 5.74) is 1.15. The van der Waals surface area contributed by atoms with Crippen LogP contribution in [0.3, 0.4) is 0 Å². The van der Waals surface area contributed by atoms with E-state index in [1.807, 2.05) is 38.1 Å². The van der Waals surface area contributed by atoms with Gasteiger partial charge >= 0.3 is 0 Å². The lowest BCUT2D eigenvalue weighted by atomic mass is 9.97. The Bertz CT molecular complexity index is 1050. The summed E-state index contributed by atoms with van der Waals surface area (Å²) in [6.07, 6.45) is 4.32. The number of ether oxygens (including phenoxy) is 1. The summed E-state index contributed by atoms with van der Waals surface area (Å²) in [5, 5.41) is 6.78. The number of piperidine rings is 1. The van der Waals surface area contributed by atoms with E-state index in [9.17, 15) is 13.2 Å².